The van der Waals surface area contributed by atoms with E-state index in [2.05, 4.69) is 9.88 Å². The second kappa shape index (κ2) is 8.40. The highest BCUT2D eigenvalue weighted by Crippen LogP contribution is 2.31. The summed E-state index contributed by atoms with van der Waals surface area (Å²) in [6, 6.07) is 14.8. The third-order valence-corrected chi connectivity index (χ3v) is 5.65. The molecular weight excluding hydrogens is 400 g/mol. The number of nitrogen functional groups attached to an aromatic ring is 1. The number of benzene rings is 2. The quantitative estimate of drug-likeness (QED) is 0.637. The average Bonchev–Trinajstić information content (AvgIpc) is 2.68. The van der Waals surface area contributed by atoms with E-state index in [-0.39, 0.29) is 11.7 Å². The van der Waals surface area contributed by atoms with Gasteiger partial charge in [0.15, 0.2) is 0 Å². The van der Waals surface area contributed by atoms with Gasteiger partial charge in [-0.25, -0.2) is 4.98 Å². The molecule has 2 N–H and O–H groups in total. The molecule has 2 aromatic carbocycles. The van der Waals surface area contributed by atoms with E-state index in [4.69, 9.17) is 22.1 Å². The number of halogens is 1. The zero-order valence-electron chi connectivity index (χ0n) is 17.1. The van der Waals surface area contributed by atoms with Gasteiger partial charge in [0, 0.05) is 49.4 Å². The number of hydrogen-bond acceptors (Lipinski definition) is 5. The summed E-state index contributed by atoms with van der Waals surface area (Å²) in [6.07, 6.45) is 1.95. The van der Waals surface area contributed by atoms with Crippen LogP contribution in [0.4, 0.5) is 11.4 Å². The third-order valence-electron chi connectivity index (χ3n) is 5.35. The smallest absolute Gasteiger partial charge is 0.258 e. The maximum atomic E-state index is 12.4. The SMILES string of the molecule is Cc1cc(=O)n(-c2ccc(N3CCC(Oc4cccc(N)c4)CC3)c(Cl)c2)c(C)n1. The topological polar surface area (TPSA) is 73.4 Å². The van der Waals surface area contributed by atoms with Gasteiger partial charge in [-0.2, -0.15) is 0 Å². The van der Waals surface area contributed by atoms with Crippen LogP contribution in [0.25, 0.3) is 5.69 Å². The molecule has 0 spiro atoms. The van der Waals surface area contributed by atoms with Gasteiger partial charge in [0.05, 0.1) is 16.4 Å². The van der Waals surface area contributed by atoms with Crippen molar-refractivity contribution in [2.75, 3.05) is 23.7 Å². The molecule has 30 heavy (non-hydrogen) atoms. The fraction of sp³-hybridized carbons (Fsp3) is 0.304. The highest BCUT2D eigenvalue weighted by Gasteiger charge is 2.22. The first-order chi connectivity index (χ1) is 14.4. The lowest BCUT2D eigenvalue weighted by Gasteiger charge is -2.34. The van der Waals surface area contributed by atoms with Gasteiger partial charge in [-0.05, 0) is 44.2 Å². The van der Waals surface area contributed by atoms with Crippen LogP contribution >= 0.6 is 11.6 Å². The fourth-order valence-electron chi connectivity index (χ4n) is 3.94. The van der Waals surface area contributed by atoms with E-state index in [1.54, 1.807) is 4.57 Å². The van der Waals surface area contributed by atoms with E-state index in [1.165, 1.54) is 6.07 Å². The summed E-state index contributed by atoms with van der Waals surface area (Å²) in [7, 11) is 0. The Bertz CT molecular complexity index is 1120. The highest BCUT2D eigenvalue weighted by molar-refractivity contribution is 6.33. The van der Waals surface area contributed by atoms with Gasteiger partial charge in [0.1, 0.15) is 17.7 Å². The summed E-state index contributed by atoms with van der Waals surface area (Å²) in [5.74, 6) is 1.45. The minimum atomic E-state index is -0.108. The first-order valence-corrected chi connectivity index (χ1v) is 10.4. The highest BCUT2D eigenvalue weighted by atomic mass is 35.5. The Balaban J connectivity index is 1.47. The third kappa shape index (κ3) is 4.28. The van der Waals surface area contributed by atoms with Gasteiger partial charge in [-0.15, -0.1) is 0 Å². The van der Waals surface area contributed by atoms with Crippen molar-refractivity contribution in [2.24, 2.45) is 0 Å². The first kappa shape index (κ1) is 20.3. The number of anilines is 2. The fourth-order valence-corrected chi connectivity index (χ4v) is 4.23. The normalized spacial score (nSPS) is 14.7. The molecule has 2 heterocycles. The lowest BCUT2D eigenvalue weighted by atomic mass is 10.1. The van der Waals surface area contributed by atoms with Crippen molar-refractivity contribution >= 4 is 23.0 Å². The number of ether oxygens (including phenoxy) is 1. The Morgan fingerprint density at radius 1 is 1.10 bits per heavy atom. The van der Waals surface area contributed by atoms with Crippen LogP contribution in [0.5, 0.6) is 5.75 Å². The number of aromatic nitrogens is 2. The average molecular weight is 425 g/mol. The number of piperidine rings is 1. The maximum absolute atomic E-state index is 12.4. The van der Waals surface area contributed by atoms with E-state index < -0.39 is 0 Å². The Morgan fingerprint density at radius 2 is 1.87 bits per heavy atom. The van der Waals surface area contributed by atoms with E-state index >= 15 is 0 Å². The summed E-state index contributed by atoms with van der Waals surface area (Å²) >= 11 is 6.61. The van der Waals surface area contributed by atoms with Gasteiger partial charge in [-0.1, -0.05) is 17.7 Å². The molecular formula is C23H25ClN4O2. The van der Waals surface area contributed by atoms with Crippen LogP contribution in [0.3, 0.4) is 0 Å². The van der Waals surface area contributed by atoms with E-state index in [0.29, 0.717) is 22.2 Å². The van der Waals surface area contributed by atoms with Crippen LogP contribution in [-0.4, -0.2) is 28.7 Å². The van der Waals surface area contributed by atoms with Crippen molar-refractivity contribution in [1.29, 1.82) is 0 Å². The monoisotopic (exact) mass is 424 g/mol. The summed E-state index contributed by atoms with van der Waals surface area (Å²) in [5, 5.41) is 0.620. The van der Waals surface area contributed by atoms with Crippen molar-refractivity contribution < 1.29 is 4.74 Å². The predicted molar refractivity (Wildman–Crippen MR) is 121 cm³/mol. The lowest BCUT2D eigenvalue weighted by molar-refractivity contribution is 0.171. The Labute approximate surface area is 180 Å². The summed E-state index contributed by atoms with van der Waals surface area (Å²) in [6.45, 7) is 5.32. The first-order valence-electron chi connectivity index (χ1n) is 10.0. The number of rotatable bonds is 4. The molecule has 6 nitrogen and oxygen atoms in total. The van der Waals surface area contributed by atoms with Crippen LogP contribution in [0.2, 0.25) is 5.02 Å². The molecule has 156 valence electrons. The van der Waals surface area contributed by atoms with E-state index in [0.717, 1.165) is 43.1 Å². The molecule has 1 aliphatic heterocycles. The molecule has 1 fully saturated rings. The zero-order chi connectivity index (χ0) is 21.3. The van der Waals surface area contributed by atoms with Gasteiger partial charge in [0.25, 0.3) is 5.56 Å². The Kier molecular flexibility index (Phi) is 5.68. The molecule has 4 rings (SSSR count). The largest absolute Gasteiger partial charge is 0.490 e. The number of hydrogen-bond donors (Lipinski definition) is 1. The second-order valence-electron chi connectivity index (χ2n) is 7.63. The van der Waals surface area contributed by atoms with Crippen LogP contribution in [-0.2, 0) is 0 Å². The van der Waals surface area contributed by atoms with Crippen LogP contribution in [0.15, 0.2) is 53.3 Å². The summed E-state index contributed by atoms with van der Waals surface area (Å²) in [4.78, 5) is 19.1. The molecule has 0 amide bonds. The molecule has 0 saturated carbocycles. The predicted octanol–water partition coefficient (Wildman–Crippen LogP) is 4.13. The molecule has 0 radical (unpaired) electrons. The summed E-state index contributed by atoms with van der Waals surface area (Å²) < 4.78 is 7.66. The van der Waals surface area contributed by atoms with Crippen LogP contribution in [0, 0.1) is 13.8 Å². The molecule has 0 bridgehead atoms. The number of nitrogens with two attached hydrogens (primary N) is 1. The molecule has 3 aromatic rings. The molecule has 1 aromatic heterocycles. The van der Waals surface area contributed by atoms with Crippen LogP contribution in [0.1, 0.15) is 24.4 Å². The standard InChI is InChI=1S/C23H25ClN4O2/c1-15-12-23(29)28(16(2)26-15)18-6-7-22(21(24)14-18)27-10-8-19(9-11-27)30-20-5-3-4-17(25)13-20/h3-7,12-14,19H,8-11,25H2,1-2H3. The van der Waals surface area contributed by atoms with Gasteiger partial charge < -0.3 is 15.4 Å². The maximum Gasteiger partial charge on any atom is 0.258 e. The molecule has 1 aliphatic rings. The molecule has 0 atom stereocenters. The summed E-state index contributed by atoms with van der Waals surface area (Å²) in [5.41, 5.74) is 8.82. The van der Waals surface area contributed by atoms with Crippen molar-refractivity contribution in [2.45, 2.75) is 32.8 Å². The van der Waals surface area contributed by atoms with E-state index in [9.17, 15) is 4.79 Å². The van der Waals surface area contributed by atoms with E-state index in [1.807, 2.05) is 56.3 Å². The van der Waals surface area contributed by atoms with Gasteiger partial charge >= 0.3 is 0 Å². The number of aryl methyl sites for hydroxylation is 2. The van der Waals surface area contributed by atoms with Crippen molar-refractivity contribution in [3.63, 3.8) is 0 Å². The second-order valence-corrected chi connectivity index (χ2v) is 8.04. The minimum absolute atomic E-state index is 0.108. The van der Waals surface area contributed by atoms with Crippen molar-refractivity contribution in [3.8, 4) is 11.4 Å². The van der Waals surface area contributed by atoms with Crippen LogP contribution < -0.4 is 20.9 Å². The van der Waals surface area contributed by atoms with Crippen molar-refractivity contribution in [1.82, 2.24) is 9.55 Å². The Hall–Kier alpha value is -2.99. The van der Waals surface area contributed by atoms with Gasteiger partial charge in [0.2, 0.25) is 0 Å². The number of nitrogens with zero attached hydrogens (tertiary/aromatic N) is 3. The molecule has 0 unspecified atom stereocenters. The zero-order valence-corrected chi connectivity index (χ0v) is 17.9. The molecule has 1 saturated heterocycles. The van der Waals surface area contributed by atoms with Gasteiger partial charge in [-0.3, -0.25) is 9.36 Å². The minimum Gasteiger partial charge on any atom is -0.490 e. The Morgan fingerprint density at radius 3 is 2.53 bits per heavy atom. The molecule has 7 heteroatoms. The lowest BCUT2D eigenvalue weighted by Crippen LogP contribution is -2.38. The van der Waals surface area contributed by atoms with Crippen molar-refractivity contribution in [3.05, 3.63) is 75.4 Å². The molecule has 0 aliphatic carbocycles.